The summed E-state index contributed by atoms with van der Waals surface area (Å²) in [5.74, 6) is 0.351. The van der Waals surface area contributed by atoms with Gasteiger partial charge in [-0.15, -0.1) is 0 Å². The van der Waals surface area contributed by atoms with E-state index in [-0.39, 0.29) is 17.1 Å². The molecular weight excluding hydrogens is 158 g/mol. The van der Waals surface area contributed by atoms with Crippen LogP contribution in [-0.2, 0) is 0 Å². The first kappa shape index (κ1) is 8.48. The van der Waals surface area contributed by atoms with Crippen LogP contribution in [0.1, 0.15) is 0 Å². The molecule has 5 nitrogen and oxygen atoms in total. The lowest BCUT2D eigenvalue weighted by Crippen LogP contribution is -2.12. The first-order chi connectivity index (χ1) is 5.66. The van der Waals surface area contributed by atoms with E-state index in [9.17, 15) is 0 Å². The standard InChI is InChI=1S/C7H11N3O2/c1-10-12-5-3-2-4(11)6(8)7(5)9/h2-3,10-11H,8-9H2,1H3. The highest BCUT2D eigenvalue weighted by Crippen LogP contribution is 2.33. The molecule has 0 spiro atoms. The van der Waals surface area contributed by atoms with Crippen molar-refractivity contribution in [3.63, 3.8) is 0 Å². The number of rotatable bonds is 2. The summed E-state index contributed by atoms with van der Waals surface area (Å²) in [6, 6.07) is 2.94. The Labute approximate surface area is 69.9 Å². The zero-order valence-electron chi connectivity index (χ0n) is 6.66. The third-order valence-electron chi connectivity index (χ3n) is 1.44. The normalized spacial score (nSPS) is 9.75. The maximum absolute atomic E-state index is 9.11. The van der Waals surface area contributed by atoms with Gasteiger partial charge in [0, 0.05) is 7.05 Å². The molecule has 5 heteroatoms. The Morgan fingerprint density at radius 3 is 2.58 bits per heavy atom. The van der Waals surface area contributed by atoms with E-state index in [4.69, 9.17) is 21.4 Å². The van der Waals surface area contributed by atoms with Crippen molar-refractivity contribution in [3.8, 4) is 11.5 Å². The molecule has 1 aromatic carbocycles. The average Bonchev–Trinajstić information content (AvgIpc) is 2.07. The molecule has 0 aromatic heterocycles. The first-order valence-electron chi connectivity index (χ1n) is 3.37. The maximum Gasteiger partial charge on any atom is 0.172 e. The van der Waals surface area contributed by atoms with Crippen LogP contribution in [0.2, 0.25) is 0 Å². The van der Waals surface area contributed by atoms with Gasteiger partial charge in [0.2, 0.25) is 0 Å². The summed E-state index contributed by atoms with van der Waals surface area (Å²) in [5.41, 5.74) is 13.8. The van der Waals surface area contributed by atoms with Gasteiger partial charge in [-0.25, -0.2) is 0 Å². The number of phenols is 1. The number of hydrogen-bond donors (Lipinski definition) is 4. The molecule has 1 aromatic rings. The highest BCUT2D eigenvalue weighted by Gasteiger charge is 2.07. The highest BCUT2D eigenvalue weighted by molar-refractivity contribution is 5.76. The summed E-state index contributed by atoms with van der Waals surface area (Å²) in [4.78, 5) is 4.91. The smallest absolute Gasteiger partial charge is 0.172 e. The second-order valence-corrected chi connectivity index (χ2v) is 2.22. The van der Waals surface area contributed by atoms with E-state index in [1.807, 2.05) is 0 Å². The molecule has 0 heterocycles. The molecule has 0 amide bonds. The van der Waals surface area contributed by atoms with Crippen LogP contribution in [0.4, 0.5) is 11.4 Å². The van der Waals surface area contributed by atoms with Crippen molar-refractivity contribution < 1.29 is 9.94 Å². The third-order valence-corrected chi connectivity index (χ3v) is 1.44. The van der Waals surface area contributed by atoms with Crippen LogP contribution >= 0.6 is 0 Å². The summed E-state index contributed by atoms with van der Waals surface area (Å²) in [6.07, 6.45) is 0. The second-order valence-electron chi connectivity index (χ2n) is 2.22. The summed E-state index contributed by atoms with van der Waals surface area (Å²) in [7, 11) is 1.60. The lowest BCUT2D eigenvalue weighted by atomic mass is 10.2. The molecule has 0 aliphatic carbocycles. The molecule has 0 bridgehead atoms. The fourth-order valence-corrected chi connectivity index (χ4v) is 0.804. The minimum absolute atomic E-state index is 0.0454. The van der Waals surface area contributed by atoms with Crippen LogP contribution in [0.25, 0.3) is 0 Å². The minimum atomic E-state index is -0.0454. The van der Waals surface area contributed by atoms with Crippen molar-refractivity contribution >= 4 is 11.4 Å². The molecule has 0 radical (unpaired) electrons. The topological polar surface area (TPSA) is 93.5 Å². The van der Waals surface area contributed by atoms with E-state index in [1.54, 1.807) is 7.05 Å². The number of anilines is 2. The van der Waals surface area contributed by atoms with Crippen molar-refractivity contribution in [1.29, 1.82) is 0 Å². The monoisotopic (exact) mass is 169 g/mol. The SMILES string of the molecule is CNOc1ccc(O)c(N)c1N. The number of hydrogen-bond acceptors (Lipinski definition) is 5. The molecule has 1 rings (SSSR count). The summed E-state index contributed by atoms with van der Waals surface area (Å²) >= 11 is 0. The van der Waals surface area contributed by atoms with E-state index in [0.717, 1.165) is 0 Å². The van der Waals surface area contributed by atoms with E-state index in [2.05, 4.69) is 5.48 Å². The highest BCUT2D eigenvalue weighted by atomic mass is 16.6. The van der Waals surface area contributed by atoms with Crippen LogP contribution in [0, 0.1) is 0 Å². The predicted octanol–water partition coefficient (Wildman–Crippen LogP) is 0.0698. The lowest BCUT2D eigenvalue weighted by molar-refractivity contribution is 0.225. The molecule has 0 aliphatic heterocycles. The summed E-state index contributed by atoms with van der Waals surface area (Å²) in [5, 5.41) is 9.11. The summed E-state index contributed by atoms with van der Waals surface area (Å²) in [6.45, 7) is 0. The fraction of sp³-hybridized carbons (Fsp3) is 0.143. The van der Waals surface area contributed by atoms with Crippen LogP contribution in [0.3, 0.4) is 0 Å². The van der Waals surface area contributed by atoms with Crippen LogP contribution in [-0.4, -0.2) is 12.2 Å². The van der Waals surface area contributed by atoms with Gasteiger partial charge in [0.15, 0.2) is 5.75 Å². The number of nitrogens with two attached hydrogens (primary N) is 2. The largest absolute Gasteiger partial charge is 0.506 e. The fourth-order valence-electron chi connectivity index (χ4n) is 0.804. The van der Waals surface area contributed by atoms with Gasteiger partial charge in [-0.05, 0) is 12.1 Å². The lowest BCUT2D eigenvalue weighted by Gasteiger charge is -2.08. The molecule has 0 saturated carbocycles. The van der Waals surface area contributed by atoms with Gasteiger partial charge in [0.05, 0.1) is 0 Å². The summed E-state index contributed by atoms with van der Waals surface area (Å²) < 4.78 is 0. The van der Waals surface area contributed by atoms with Crippen LogP contribution < -0.4 is 21.8 Å². The Bertz CT molecular complexity index is 288. The zero-order chi connectivity index (χ0) is 9.14. The van der Waals surface area contributed by atoms with Gasteiger partial charge >= 0.3 is 0 Å². The van der Waals surface area contributed by atoms with Crippen molar-refractivity contribution in [2.45, 2.75) is 0 Å². The molecule has 6 N–H and O–H groups in total. The Balaban J connectivity index is 3.08. The van der Waals surface area contributed by atoms with Crippen LogP contribution in [0.5, 0.6) is 11.5 Å². The minimum Gasteiger partial charge on any atom is -0.506 e. The Morgan fingerprint density at radius 1 is 1.33 bits per heavy atom. The Kier molecular flexibility index (Phi) is 2.25. The molecule has 0 atom stereocenters. The van der Waals surface area contributed by atoms with E-state index < -0.39 is 0 Å². The van der Waals surface area contributed by atoms with Gasteiger partial charge in [-0.3, -0.25) is 0 Å². The van der Waals surface area contributed by atoms with Gasteiger partial charge < -0.3 is 21.4 Å². The van der Waals surface area contributed by atoms with Crippen LogP contribution in [0.15, 0.2) is 12.1 Å². The maximum atomic E-state index is 9.11. The van der Waals surface area contributed by atoms with E-state index in [0.29, 0.717) is 5.75 Å². The molecule has 0 unspecified atom stereocenters. The number of nitrogen functional groups attached to an aromatic ring is 2. The second kappa shape index (κ2) is 3.19. The Hall–Kier alpha value is -1.62. The van der Waals surface area contributed by atoms with Crippen molar-refractivity contribution in [3.05, 3.63) is 12.1 Å². The number of aromatic hydroxyl groups is 1. The van der Waals surface area contributed by atoms with Gasteiger partial charge in [0.1, 0.15) is 17.1 Å². The quantitative estimate of drug-likeness (QED) is 0.285. The third kappa shape index (κ3) is 1.35. The number of phenolic OH excluding ortho intramolecular Hbond substituents is 1. The van der Waals surface area contributed by atoms with Crippen molar-refractivity contribution in [2.75, 3.05) is 18.5 Å². The van der Waals surface area contributed by atoms with E-state index in [1.165, 1.54) is 12.1 Å². The molecule has 0 saturated heterocycles. The van der Waals surface area contributed by atoms with Gasteiger partial charge in [-0.1, -0.05) is 0 Å². The van der Waals surface area contributed by atoms with Crippen molar-refractivity contribution in [1.82, 2.24) is 5.48 Å². The predicted molar refractivity (Wildman–Crippen MR) is 46.6 cm³/mol. The average molecular weight is 169 g/mol. The van der Waals surface area contributed by atoms with E-state index >= 15 is 0 Å². The molecule has 12 heavy (non-hydrogen) atoms. The van der Waals surface area contributed by atoms with Gasteiger partial charge in [0.25, 0.3) is 0 Å². The molecule has 66 valence electrons. The number of benzene rings is 1. The Morgan fingerprint density at radius 2 is 2.00 bits per heavy atom. The molecule has 0 aliphatic rings. The molecular formula is C7H11N3O2. The first-order valence-corrected chi connectivity index (χ1v) is 3.37. The van der Waals surface area contributed by atoms with Gasteiger partial charge in [-0.2, -0.15) is 5.48 Å². The molecule has 0 fully saturated rings. The number of nitrogens with one attached hydrogen (secondary N) is 1. The number of hydroxylamine groups is 1. The van der Waals surface area contributed by atoms with Crippen molar-refractivity contribution in [2.24, 2.45) is 0 Å². The zero-order valence-corrected chi connectivity index (χ0v) is 6.66.